The van der Waals surface area contributed by atoms with Gasteiger partial charge in [0.25, 0.3) is 0 Å². The number of rotatable bonds is 3. The van der Waals surface area contributed by atoms with Crippen LogP contribution in [0, 0.1) is 0 Å². The molecule has 17 heavy (non-hydrogen) atoms. The number of nitrogens with one attached hydrogen (secondary N) is 1. The molecule has 0 aliphatic carbocycles. The molecule has 2 amide bonds. The molecular formula is C12H19N3O2. The van der Waals surface area contributed by atoms with Crippen LogP contribution in [0.1, 0.15) is 31.7 Å². The number of urea groups is 1. The molecule has 1 saturated heterocycles. The van der Waals surface area contributed by atoms with E-state index in [4.69, 9.17) is 4.52 Å². The monoisotopic (exact) mass is 237 g/mol. The van der Waals surface area contributed by atoms with E-state index in [0.717, 1.165) is 31.4 Å². The second kappa shape index (κ2) is 5.70. The van der Waals surface area contributed by atoms with Gasteiger partial charge < -0.3 is 14.7 Å². The van der Waals surface area contributed by atoms with Crippen LogP contribution < -0.4 is 5.32 Å². The van der Waals surface area contributed by atoms with Crippen molar-refractivity contribution >= 4 is 6.03 Å². The highest BCUT2D eigenvalue weighted by Gasteiger charge is 2.22. The number of likely N-dealkylation sites (tertiary alicyclic amines) is 1. The maximum Gasteiger partial charge on any atom is 0.317 e. The third-order valence-corrected chi connectivity index (χ3v) is 3.24. The summed E-state index contributed by atoms with van der Waals surface area (Å²) >= 11 is 0. The minimum atomic E-state index is 0.0497. The minimum Gasteiger partial charge on any atom is -0.364 e. The lowest BCUT2D eigenvalue weighted by Gasteiger charge is -2.33. The molecule has 1 atom stereocenters. The molecule has 0 bridgehead atoms. The van der Waals surface area contributed by atoms with Crippen LogP contribution in [0.4, 0.5) is 4.79 Å². The van der Waals surface area contributed by atoms with Gasteiger partial charge >= 0.3 is 6.03 Å². The maximum absolute atomic E-state index is 11.9. The van der Waals surface area contributed by atoms with E-state index in [2.05, 4.69) is 17.4 Å². The predicted octanol–water partition coefficient (Wildman–Crippen LogP) is 1.80. The normalized spacial score (nSPS) is 20.3. The minimum absolute atomic E-state index is 0.0497. The smallest absolute Gasteiger partial charge is 0.317 e. The fraction of sp³-hybridized carbons (Fsp3) is 0.667. The summed E-state index contributed by atoms with van der Waals surface area (Å²) in [6, 6.07) is 0.410. The van der Waals surface area contributed by atoms with Crippen LogP contribution in [0.5, 0.6) is 0 Å². The molecule has 1 fully saturated rings. The Morgan fingerprint density at radius 2 is 2.53 bits per heavy atom. The number of nitrogens with zero attached hydrogens (tertiary/aromatic N) is 2. The first-order chi connectivity index (χ1) is 8.27. The molecule has 2 rings (SSSR count). The van der Waals surface area contributed by atoms with Gasteiger partial charge in [-0.2, -0.15) is 0 Å². The average Bonchev–Trinajstić information content (AvgIpc) is 2.82. The van der Waals surface area contributed by atoms with Crippen molar-refractivity contribution in [2.75, 3.05) is 13.1 Å². The van der Waals surface area contributed by atoms with Crippen LogP contribution >= 0.6 is 0 Å². The van der Waals surface area contributed by atoms with Gasteiger partial charge in [-0.15, -0.1) is 0 Å². The highest BCUT2D eigenvalue weighted by molar-refractivity contribution is 5.74. The van der Waals surface area contributed by atoms with E-state index in [9.17, 15) is 4.79 Å². The largest absolute Gasteiger partial charge is 0.364 e. The molecule has 1 aromatic heterocycles. The number of piperidine rings is 1. The van der Waals surface area contributed by atoms with E-state index >= 15 is 0 Å². The molecule has 1 aliphatic heterocycles. The zero-order chi connectivity index (χ0) is 12.1. The van der Waals surface area contributed by atoms with E-state index in [-0.39, 0.29) is 6.03 Å². The standard InChI is InChI=1S/C12H19N3O2/c1-10-4-2-3-7-15(10)12(16)13-6-5-11-8-14-17-9-11/h8-10H,2-7H2,1H3,(H,13,16)/t10-/m0/s1. The number of aromatic nitrogens is 1. The van der Waals surface area contributed by atoms with Gasteiger partial charge in [-0.3, -0.25) is 0 Å². The Labute approximate surface area is 101 Å². The van der Waals surface area contributed by atoms with Gasteiger partial charge in [0.15, 0.2) is 0 Å². The second-order valence-corrected chi connectivity index (χ2v) is 4.55. The molecule has 1 N–H and O–H groups in total. The van der Waals surface area contributed by atoms with Crippen molar-refractivity contribution in [3.05, 3.63) is 18.0 Å². The fourth-order valence-corrected chi connectivity index (χ4v) is 2.17. The molecule has 0 radical (unpaired) electrons. The summed E-state index contributed by atoms with van der Waals surface area (Å²) in [6.45, 7) is 3.61. The number of carbonyl (C=O) groups is 1. The van der Waals surface area contributed by atoms with Crippen LogP contribution in [0.3, 0.4) is 0 Å². The molecule has 2 heterocycles. The third kappa shape index (κ3) is 3.22. The number of carbonyl (C=O) groups excluding carboxylic acids is 1. The SMILES string of the molecule is C[C@H]1CCCCN1C(=O)NCCc1cnoc1. The molecule has 0 saturated carbocycles. The fourth-order valence-electron chi connectivity index (χ4n) is 2.17. The lowest BCUT2D eigenvalue weighted by atomic mass is 10.0. The van der Waals surface area contributed by atoms with Crippen LogP contribution in [-0.2, 0) is 6.42 Å². The maximum atomic E-state index is 11.9. The Morgan fingerprint density at radius 1 is 1.65 bits per heavy atom. The van der Waals surface area contributed by atoms with Crippen molar-refractivity contribution in [1.82, 2.24) is 15.4 Å². The third-order valence-electron chi connectivity index (χ3n) is 3.24. The van der Waals surface area contributed by atoms with Gasteiger partial charge in [-0.25, -0.2) is 4.79 Å². The summed E-state index contributed by atoms with van der Waals surface area (Å²) in [5, 5.41) is 6.56. The zero-order valence-corrected chi connectivity index (χ0v) is 10.2. The summed E-state index contributed by atoms with van der Waals surface area (Å²) < 4.78 is 4.73. The number of amides is 2. The molecule has 1 aromatic rings. The van der Waals surface area contributed by atoms with E-state index in [1.54, 1.807) is 12.5 Å². The summed E-state index contributed by atoms with van der Waals surface area (Å²) in [6.07, 6.45) is 7.50. The number of hydrogen-bond acceptors (Lipinski definition) is 3. The summed E-state index contributed by atoms with van der Waals surface area (Å²) in [5.74, 6) is 0. The van der Waals surface area contributed by atoms with Crippen molar-refractivity contribution in [2.24, 2.45) is 0 Å². The van der Waals surface area contributed by atoms with Crippen molar-refractivity contribution in [1.29, 1.82) is 0 Å². The van der Waals surface area contributed by atoms with Crippen LogP contribution in [0.2, 0.25) is 0 Å². The lowest BCUT2D eigenvalue weighted by molar-refractivity contribution is 0.158. The first kappa shape index (κ1) is 12.0. The van der Waals surface area contributed by atoms with E-state index < -0.39 is 0 Å². The molecule has 94 valence electrons. The Hall–Kier alpha value is -1.52. The van der Waals surface area contributed by atoms with Crippen LogP contribution in [-0.4, -0.2) is 35.2 Å². The van der Waals surface area contributed by atoms with Crippen molar-refractivity contribution < 1.29 is 9.32 Å². The van der Waals surface area contributed by atoms with Gasteiger partial charge in [0, 0.05) is 24.7 Å². The zero-order valence-electron chi connectivity index (χ0n) is 10.2. The molecule has 0 spiro atoms. The highest BCUT2D eigenvalue weighted by Crippen LogP contribution is 2.15. The molecular weight excluding hydrogens is 218 g/mol. The molecule has 5 nitrogen and oxygen atoms in total. The van der Waals surface area contributed by atoms with Gasteiger partial charge in [0.05, 0.1) is 6.20 Å². The van der Waals surface area contributed by atoms with E-state index in [0.29, 0.717) is 12.6 Å². The first-order valence-electron chi connectivity index (χ1n) is 6.20. The van der Waals surface area contributed by atoms with Gasteiger partial charge in [-0.05, 0) is 32.6 Å². The van der Waals surface area contributed by atoms with Gasteiger partial charge in [-0.1, -0.05) is 5.16 Å². The topological polar surface area (TPSA) is 58.4 Å². The Bertz CT molecular complexity index is 351. The lowest BCUT2D eigenvalue weighted by Crippen LogP contribution is -2.47. The Morgan fingerprint density at radius 3 is 3.24 bits per heavy atom. The van der Waals surface area contributed by atoms with Gasteiger partial charge in [0.2, 0.25) is 0 Å². The van der Waals surface area contributed by atoms with Crippen LogP contribution in [0.25, 0.3) is 0 Å². The Kier molecular flexibility index (Phi) is 4.01. The summed E-state index contributed by atoms with van der Waals surface area (Å²) in [7, 11) is 0. The quantitative estimate of drug-likeness (QED) is 0.872. The highest BCUT2D eigenvalue weighted by atomic mass is 16.5. The van der Waals surface area contributed by atoms with E-state index in [1.807, 2.05) is 4.90 Å². The number of hydrogen-bond donors (Lipinski definition) is 1. The molecule has 1 aliphatic rings. The first-order valence-corrected chi connectivity index (χ1v) is 6.20. The van der Waals surface area contributed by atoms with Crippen LogP contribution in [0.15, 0.2) is 17.0 Å². The van der Waals surface area contributed by atoms with Gasteiger partial charge in [0.1, 0.15) is 6.26 Å². The summed E-state index contributed by atoms with van der Waals surface area (Å²) in [4.78, 5) is 13.8. The molecule has 5 heteroatoms. The average molecular weight is 237 g/mol. The molecule has 0 aromatic carbocycles. The predicted molar refractivity (Wildman–Crippen MR) is 63.6 cm³/mol. The van der Waals surface area contributed by atoms with Crippen molar-refractivity contribution in [3.63, 3.8) is 0 Å². The molecule has 0 unspecified atom stereocenters. The van der Waals surface area contributed by atoms with E-state index in [1.165, 1.54) is 6.42 Å². The van der Waals surface area contributed by atoms with Crippen molar-refractivity contribution in [2.45, 2.75) is 38.6 Å². The van der Waals surface area contributed by atoms with Crippen molar-refractivity contribution in [3.8, 4) is 0 Å². The summed E-state index contributed by atoms with van der Waals surface area (Å²) in [5.41, 5.74) is 1.01. The Balaban J connectivity index is 1.73. The second-order valence-electron chi connectivity index (χ2n) is 4.55.